The molecule has 2 aromatic rings. The average Bonchev–Trinajstić information content (AvgIpc) is 2.40. The smallest absolute Gasteiger partial charge is 0.263 e. The number of sulfonamides is 1. The Morgan fingerprint density at radius 3 is 2.57 bits per heavy atom. The van der Waals surface area contributed by atoms with Crippen molar-refractivity contribution in [3.05, 3.63) is 48.0 Å². The summed E-state index contributed by atoms with van der Waals surface area (Å²) in [6.45, 7) is 3.89. The summed E-state index contributed by atoms with van der Waals surface area (Å²) in [5, 5.41) is 0. The zero-order valence-electron chi connectivity index (χ0n) is 12.0. The monoisotopic (exact) mass is 322 g/mol. The number of para-hydroxylation sites is 1. The lowest BCUT2D eigenvalue weighted by atomic mass is 10.2. The molecule has 0 heterocycles. The molecule has 0 saturated carbocycles. The van der Waals surface area contributed by atoms with E-state index in [1.165, 1.54) is 6.07 Å². The second kappa shape index (κ2) is 6.41. The summed E-state index contributed by atoms with van der Waals surface area (Å²) in [7, 11) is -3.69. The molecule has 0 bridgehead atoms. The van der Waals surface area contributed by atoms with Crippen LogP contribution in [0.3, 0.4) is 0 Å². The molecule has 0 aliphatic carbocycles. The van der Waals surface area contributed by atoms with Crippen LogP contribution in [0.25, 0.3) is 0 Å². The lowest BCUT2D eigenvalue weighted by molar-refractivity contribution is 0.601. The van der Waals surface area contributed by atoms with E-state index in [0.717, 1.165) is 16.2 Å². The van der Waals surface area contributed by atoms with Crippen molar-refractivity contribution in [1.29, 1.82) is 0 Å². The third kappa shape index (κ3) is 3.71. The maximum absolute atomic E-state index is 12.5. The van der Waals surface area contributed by atoms with E-state index >= 15 is 0 Å². The molecule has 21 heavy (non-hydrogen) atoms. The van der Waals surface area contributed by atoms with Crippen molar-refractivity contribution >= 4 is 33.2 Å². The van der Waals surface area contributed by atoms with E-state index in [0.29, 0.717) is 5.69 Å². The number of thioether (sulfide) groups is 1. The number of aryl methyl sites for hydroxylation is 1. The quantitative estimate of drug-likeness (QED) is 0.653. The highest BCUT2D eigenvalue weighted by atomic mass is 32.2. The molecule has 0 aromatic heterocycles. The highest BCUT2D eigenvalue weighted by molar-refractivity contribution is 7.99. The molecule has 2 aromatic carbocycles. The van der Waals surface area contributed by atoms with Crippen molar-refractivity contribution in [2.24, 2.45) is 0 Å². The van der Waals surface area contributed by atoms with E-state index in [1.807, 2.05) is 26.0 Å². The molecule has 0 aliphatic rings. The summed E-state index contributed by atoms with van der Waals surface area (Å²) in [4.78, 5) is 0.999. The number of hydrogen-bond donors (Lipinski definition) is 2. The summed E-state index contributed by atoms with van der Waals surface area (Å²) in [6, 6.07) is 12.2. The van der Waals surface area contributed by atoms with Gasteiger partial charge in [0.05, 0.1) is 11.4 Å². The van der Waals surface area contributed by atoms with Crippen molar-refractivity contribution in [1.82, 2.24) is 0 Å². The Morgan fingerprint density at radius 1 is 1.19 bits per heavy atom. The van der Waals surface area contributed by atoms with E-state index in [9.17, 15) is 8.42 Å². The van der Waals surface area contributed by atoms with Gasteiger partial charge in [0, 0.05) is 4.90 Å². The fourth-order valence-corrected chi connectivity index (χ4v) is 3.96. The number of hydrogen-bond acceptors (Lipinski definition) is 4. The van der Waals surface area contributed by atoms with Crippen LogP contribution in [0.5, 0.6) is 0 Å². The van der Waals surface area contributed by atoms with Gasteiger partial charge in [-0.1, -0.05) is 25.1 Å². The van der Waals surface area contributed by atoms with Crippen LogP contribution in [0.2, 0.25) is 0 Å². The van der Waals surface area contributed by atoms with Crippen molar-refractivity contribution in [3.63, 3.8) is 0 Å². The third-order valence-electron chi connectivity index (χ3n) is 2.89. The number of benzene rings is 2. The van der Waals surface area contributed by atoms with Gasteiger partial charge in [0.1, 0.15) is 4.90 Å². The van der Waals surface area contributed by atoms with Gasteiger partial charge in [0.25, 0.3) is 10.0 Å². The summed E-state index contributed by atoms with van der Waals surface area (Å²) in [5.74, 6) is 0.866. The highest BCUT2D eigenvalue weighted by Gasteiger charge is 2.18. The molecule has 0 saturated heterocycles. The van der Waals surface area contributed by atoms with E-state index < -0.39 is 10.0 Å². The number of rotatable bonds is 5. The van der Waals surface area contributed by atoms with Gasteiger partial charge >= 0.3 is 0 Å². The molecule has 0 unspecified atom stereocenters. The second-order valence-electron chi connectivity index (χ2n) is 4.58. The SMILES string of the molecule is CCSc1ccccc1NS(=O)(=O)c1ccc(C)cc1N. The largest absolute Gasteiger partial charge is 0.398 e. The van der Waals surface area contributed by atoms with Crippen molar-refractivity contribution in [2.75, 3.05) is 16.2 Å². The van der Waals surface area contributed by atoms with Crippen LogP contribution >= 0.6 is 11.8 Å². The molecule has 0 spiro atoms. The average molecular weight is 322 g/mol. The molecule has 0 radical (unpaired) electrons. The second-order valence-corrected chi connectivity index (χ2v) is 7.53. The summed E-state index contributed by atoms with van der Waals surface area (Å²) in [6.07, 6.45) is 0. The van der Waals surface area contributed by atoms with Crippen LogP contribution in [-0.2, 0) is 10.0 Å². The van der Waals surface area contributed by atoms with E-state index in [2.05, 4.69) is 4.72 Å². The Balaban J connectivity index is 2.38. The molecule has 112 valence electrons. The van der Waals surface area contributed by atoms with Crippen LogP contribution in [-0.4, -0.2) is 14.2 Å². The minimum absolute atomic E-state index is 0.101. The van der Waals surface area contributed by atoms with Gasteiger partial charge in [-0.15, -0.1) is 11.8 Å². The molecular formula is C15H18N2O2S2. The summed E-state index contributed by atoms with van der Waals surface area (Å²) >= 11 is 1.59. The maximum atomic E-state index is 12.5. The first-order valence-corrected chi connectivity index (χ1v) is 9.01. The minimum Gasteiger partial charge on any atom is -0.398 e. The maximum Gasteiger partial charge on any atom is 0.263 e. The Labute approximate surface area is 129 Å². The Kier molecular flexibility index (Phi) is 4.80. The molecule has 0 aliphatic heterocycles. The van der Waals surface area contributed by atoms with Gasteiger partial charge in [0.15, 0.2) is 0 Å². The van der Waals surface area contributed by atoms with Crippen LogP contribution in [0.1, 0.15) is 12.5 Å². The molecule has 0 fully saturated rings. The first-order valence-electron chi connectivity index (χ1n) is 6.55. The fourth-order valence-electron chi connectivity index (χ4n) is 1.94. The third-order valence-corrected chi connectivity index (χ3v) is 5.28. The molecule has 0 atom stereocenters. The lowest BCUT2D eigenvalue weighted by Crippen LogP contribution is -2.15. The van der Waals surface area contributed by atoms with Crippen LogP contribution in [0, 0.1) is 6.92 Å². The number of anilines is 2. The zero-order chi connectivity index (χ0) is 15.5. The number of nitrogen functional groups attached to an aromatic ring is 1. The molecule has 4 nitrogen and oxygen atoms in total. The van der Waals surface area contributed by atoms with Gasteiger partial charge in [-0.05, 0) is 42.5 Å². The summed E-state index contributed by atoms with van der Waals surface area (Å²) < 4.78 is 27.6. The first kappa shape index (κ1) is 15.7. The van der Waals surface area contributed by atoms with Gasteiger partial charge in [-0.25, -0.2) is 8.42 Å². The van der Waals surface area contributed by atoms with E-state index in [1.54, 1.807) is 36.0 Å². The molecular weight excluding hydrogens is 304 g/mol. The topological polar surface area (TPSA) is 72.2 Å². The van der Waals surface area contributed by atoms with E-state index in [4.69, 9.17) is 5.73 Å². The zero-order valence-corrected chi connectivity index (χ0v) is 13.6. The lowest BCUT2D eigenvalue weighted by Gasteiger charge is -2.13. The number of nitrogens with two attached hydrogens (primary N) is 1. The van der Waals surface area contributed by atoms with Crippen molar-refractivity contribution < 1.29 is 8.42 Å². The Bertz CT molecular complexity index is 743. The van der Waals surface area contributed by atoms with E-state index in [-0.39, 0.29) is 10.6 Å². The fraction of sp³-hybridized carbons (Fsp3) is 0.200. The molecule has 6 heteroatoms. The minimum atomic E-state index is -3.69. The Hall–Kier alpha value is -1.66. The number of nitrogens with one attached hydrogen (secondary N) is 1. The Morgan fingerprint density at radius 2 is 1.90 bits per heavy atom. The van der Waals surface area contributed by atoms with Crippen molar-refractivity contribution in [2.45, 2.75) is 23.6 Å². The predicted octanol–water partition coefficient (Wildman–Crippen LogP) is 3.49. The molecule has 0 amide bonds. The van der Waals surface area contributed by atoms with Crippen LogP contribution < -0.4 is 10.5 Å². The predicted molar refractivity (Wildman–Crippen MR) is 89.2 cm³/mol. The molecule has 2 rings (SSSR count). The molecule has 3 N–H and O–H groups in total. The first-order chi connectivity index (χ1) is 9.94. The summed E-state index contributed by atoms with van der Waals surface area (Å²) in [5.41, 5.74) is 7.58. The van der Waals surface area contributed by atoms with Gasteiger partial charge in [-0.3, -0.25) is 4.72 Å². The highest BCUT2D eigenvalue weighted by Crippen LogP contribution is 2.29. The standard InChI is InChI=1S/C15H18N2O2S2/c1-3-20-14-7-5-4-6-13(14)17-21(18,19)15-9-8-11(2)10-12(15)16/h4-10,17H,3,16H2,1-2H3. The van der Waals surface area contributed by atoms with Crippen molar-refractivity contribution in [3.8, 4) is 0 Å². The van der Waals surface area contributed by atoms with Gasteiger partial charge < -0.3 is 5.73 Å². The van der Waals surface area contributed by atoms with Crippen LogP contribution in [0.4, 0.5) is 11.4 Å². The normalized spacial score (nSPS) is 11.3. The van der Waals surface area contributed by atoms with Crippen LogP contribution in [0.15, 0.2) is 52.3 Å². The van der Waals surface area contributed by atoms with Gasteiger partial charge in [-0.2, -0.15) is 0 Å². The van der Waals surface area contributed by atoms with Gasteiger partial charge in [0.2, 0.25) is 0 Å².